The minimum absolute atomic E-state index is 0.168. The Morgan fingerprint density at radius 1 is 1.29 bits per heavy atom. The van der Waals surface area contributed by atoms with Gasteiger partial charge in [-0.05, 0) is 51.3 Å². The fourth-order valence-corrected chi connectivity index (χ4v) is 3.06. The van der Waals surface area contributed by atoms with Crippen molar-refractivity contribution in [1.29, 1.82) is 0 Å². The molecule has 21 heavy (non-hydrogen) atoms. The molecule has 1 aliphatic carbocycles. The predicted octanol–water partition coefficient (Wildman–Crippen LogP) is 3.93. The fourth-order valence-electron chi connectivity index (χ4n) is 3.06. The number of carbonyl (C=O) groups is 1. The SMILES string of the molecule is CCOC1=C(C)C(=O)C(C)(c2ccc(OC)c(C)c2)CC1. The number of carbonyl (C=O) groups excluding carboxylic acids is 1. The van der Waals surface area contributed by atoms with Crippen molar-refractivity contribution in [3.63, 3.8) is 0 Å². The van der Waals surface area contributed by atoms with Crippen molar-refractivity contribution in [2.75, 3.05) is 13.7 Å². The van der Waals surface area contributed by atoms with E-state index in [0.29, 0.717) is 6.61 Å². The highest BCUT2D eigenvalue weighted by Crippen LogP contribution is 2.40. The Balaban J connectivity index is 2.40. The summed E-state index contributed by atoms with van der Waals surface area (Å²) in [5.74, 6) is 1.87. The molecular formula is C18H24O3. The van der Waals surface area contributed by atoms with Gasteiger partial charge >= 0.3 is 0 Å². The Morgan fingerprint density at radius 3 is 2.57 bits per heavy atom. The van der Waals surface area contributed by atoms with Gasteiger partial charge in [-0.15, -0.1) is 0 Å². The lowest BCUT2D eigenvalue weighted by molar-refractivity contribution is -0.121. The van der Waals surface area contributed by atoms with Crippen molar-refractivity contribution in [3.8, 4) is 5.75 Å². The highest BCUT2D eigenvalue weighted by atomic mass is 16.5. The Bertz CT molecular complexity index is 586. The largest absolute Gasteiger partial charge is 0.498 e. The number of ether oxygens (including phenoxy) is 2. The topological polar surface area (TPSA) is 35.5 Å². The van der Waals surface area contributed by atoms with Crippen molar-refractivity contribution < 1.29 is 14.3 Å². The van der Waals surface area contributed by atoms with Crippen LogP contribution in [0.1, 0.15) is 44.7 Å². The van der Waals surface area contributed by atoms with E-state index >= 15 is 0 Å². The zero-order valence-corrected chi connectivity index (χ0v) is 13.6. The zero-order chi connectivity index (χ0) is 15.6. The number of ketones is 1. The molecule has 1 unspecified atom stereocenters. The molecule has 2 rings (SSSR count). The van der Waals surface area contributed by atoms with E-state index in [1.807, 2.05) is 39.8 Å². The van der Waals surface area contributed by atoms with E-state index in [2.05, 4.69) is 6.07 Å². The molecular weight excluding hydrogens is 264 g/mol. The standard InChI is InChI=1S/C18H24O3/c1-6-21-16-9-10-18(4,17(19)13(16)3)14-7-8-15(20-5)12(2)11-14/h7-8,11H,6,9-10H2,1-5H3. The Hall–Kier alpha value is -1.77. The monoisotopic (exact) mass is 288 g/mol. The second-order valence-electron chi connectivity index (χ2n) is 5.83. The molecule has 0 saturated heterocycles. The molecule has 1 aromatic rings. The van der Waals surface area contributed by atoms with Gasteiger partial charge in [-0.1, -0.05) is 12.1 Å². The summed E-state index contributed by atoms with van der Waals surface area (Å²) in [5.41, 5.74) is 2.41. The van der Waals surface area contributed by atoms with Gasteiger partial charge in [-0.3, -0.25) is 4.79 Å². The minimum atomic E-state index is -0.471. The third-order valence-corrected chi connectivity index (χ3v) is 4.46. The summed E-state index contributed by atoms with van der Waals surface area (Å²) in [7, 11) is 1.66. The molecule has 0 fully saturated rings. The molecule has 0 aliphatic heterocycles. The summed E-state index contributed by atoms with van der Waals surface area (Å²) in [5, 5.41) is 0. The molecule has 3 nitrogen and oxygen atoms in total. The minimum Gasteiger partial charge on any atom is -0.498 e. The van der Waals surface area contributed by atoms with E-state index in [9.17, 15) is 4.79 Å². The lowest BCUT2D eigenvalue weighted by Crippen LogP contribution is -2.37. The lowest BCUT2D eigenvalue weighted by atomic mass is 9.69. The van der Waals surface area contributed by atoms with Crippen LogP contribution in [0.5, 0.6) is 5.75 Å². The van der Waals surface area contributed by atoms with Gasteiger partial charge in [0.05, 0.1) is 19.1 Å². The second-order valence-corrected chi connectivity index (χ2v) is 5.83. The number of hydrogen-bond donors (Lipinski definition) is 0. The predicted molar refractivity (Wildman–Crippen MR) is 83.7 cm³/mol. The molecule has 1 aromatic carbocycles. The van der Waals surface area contributed by atoms with Crippen molar-refractivity contribution in [3.05, 3.63) is 40.7 Å². The smallest absolute Gasteiger partial charge is 0.172 e. The van der Waals surface area contributed by atoms with Crippen LogP contribution < -0.4 is 4.74 Å². The number of allylic oxidation sites excluding steroid dienone is 2. The van der Waals surface area contributed by atoms with E-state index < -0.39 is 5.41 Å². The van der Waals surface area contributed by atoms with Crippen LogP contribution in [0.3, 0.4) is 0 Å². The first-order valence-corrected chi connectivity index (χ1v) is 7.46. The van der Waals surface area contributed by atoms with Crippen LogP contribution in [-0.2, 0) is 14.9 Å². The van der Waals surface area contributed by atoms with Gasteiger partial charge in [-0.25, -0.2) is 0 Å². The van der Waals surface area contributed by atoms with E-state index in [0.717, 1.165) is 41.1 Å². The van der Waals surface area contributed by atoms with Crippen LogP contribution in [0, 0.1) is 6.92 Å². The van der Waals surface area contributed by atoms with Crippen LogP contribution >= 0.6 is 0 Å². The molecule has 1 atom stereocenters. The Morgan fingerprint density at radius 2 is 2.00 bits per heavy atom. The van der Waals surface area contributed by atoms with Crippen LogP contribution in [0.4, 0.5) is 0 Å². The Labute approximate surface area is 127 Å². The first-order valence-electron chi connectivity index (χ1n) is 7.46. The van der Waals surface area contributed by atoms with Gasteiger partial charge in [-0.2, -0.15) is 0 Å². The molecule has 0 saturated carbocycles. The van der Waals surface area contributed by atoms with E-state index in [1.54, 1.807) is 7.11 Å². The molecule has 1 aliphatic rings. The summed E-state index contributed by atoms with van der Waals surface area (Å²) in [4.78, 5) is 12.8. The average molecular weight is 288 g/mol. The molecule has 0 heterocycles. The van der Waals surface area contributed by atoms with E-state index in [4.69, 9.17) is 9.47 Å². The summed E-state index contributed by atoms with van der Waals surface area (Å²) < 4.78 is 10.9. The zero-order valence-electron chi connectivity index (χ0n) is 13.6. The van der Waals surface area contributed by atoms with Gasteiger partial charge in [0.2, 0.25) is 0 Å². The number of aryl methyl sites for hydroxylation is 1. The van der Waals surface area contributed by atoms with Gasteiger partial charge < -0.3 is 9.47 Å². The summed E-state index contributed by atoms with van der Waals surface area (Å²) in [6.45, 7) is 8.47. The lowest BCUT2D eigenvalue weighted by Gasteiger charge is -2.34. The Kier molecular flexibility index (Phi) is 4.40. The first-order chi connectivity index (χ1) is 9.93. The van der Waals surface area contributed by atoms with Gasteiger partial charge in [0.25, 0.3) is 0 Å². The summed E-state index contributed by atoms with van der Waals surface area (Å²) in [6, 6.07) is 6.01. The third kappa shape index (κ3) is 2.69. The van der Waals surface area contributed by atoms with Crippen LogP contribution in [-0.4, -0.2) is 19.5 Å². The number of Topliss-reactive ketones (excluding diaryl/α,β-unsaturated/α-hetero) is 1. The molecule has 3 heteroatoms. The fraction of sp³-hybridized carbons (Fsp3) is 0.500. The van der Waals surface area contributed by atoms with Crippen LogP contribution in [0.15, 0.2) is 29.5 Å². The normalized spacial score (nSPS) is 22.4. The summed E-state index contributed by atoms with van der Waals surface area (Å²) in [6.07, 6.45) is 1.59. The maximum Gasteiger partial charge on any atom is 0.172 e. The van der Waals surface area contributed by atoms with Gasteiger partial charge in [0, 0.05) is 12.0 Å². The van der Waals surface area contributed by atoms with Crippen molar-refractivity contribution in [2.24, 2.45) is 0 Å². The third-order valence-electron chi connectivity index (χ3n) is 4.46. The van der Waals surface area contributed by atoms with Crippen LogP contribution in [0.2, 0.25) is 0 Å². The average Bonchev–Trinajstić information content (AvgIpc) is 2.48. The molecule has 0 N–H and O–H groups in total. The van der Waals surface area contributed by atoms with E-state index in [1.165, 1.54) is 0 Å². The highest BCUT2D eigenvalue weighted by molar-refractivity contribution is 6.04. The maximum absolute atomic E-state index is 12.8. The molecule has 0 amide bonds. The molecule has 0 bridgehead atoms. The van der Waals surface area contributed by atoms with Gasteiger partial charge in [0.1, 0.15) is 11.5 Å². The van der Waals surface area contributed by atoms with Crippen molar-refractivity contribution in [1.82, 2.24) is 0 Å². The molecule has 0 spiro atoms. The van der Waals surface area contributed by atoms with Crippen molar-refractivity contribution >= 4 is 5.78 Å². The number of rotatable bonds is 4. The number of methoxy groups -OCH3 is 1. The van der Waals surface area contributed by atoms with Gasteiger partial charge in [0.15, 0.2) is 5.78 Å². The second kappa shape index (κ2) is 5.92. The highest BCUT2D eigenvalue weighted by Gasteiger charge is 2.40. The summed E-state index contributed by atoms with van der Waals surface area (Å²) >= 11 is 0. The van der Waals surface area contributed by atoms with Crippen LogP contribution in [0.25, 0.3) is 0 Å². The van der Waals surface area contributed by atoms with Crippen molar-refractivity contribution in [2.45, 2.75) is 46.0 Å². The molecule has 0 radical (unpaired) electrons. The quantitative estimate of drug-likeness (QED) is 0.842. The molecule has 0 aromatic heterocycles. The number of benzene rings is 1. The number of hydrogen-bond acceptors (Lipinski definition) is 3. The molecule has 114 valence electrons. The van der Waals surface area contributed by atoms with E-state index in [-0.39, 0.29) is 5.78 Å². The maximum atomic E-state index is 12.8. The first kappa shape index (κ1) is 15.6.